The zero-order chi connectivity index (χ0) is 28.3. The van der Waals surface area contributed by atoms with Crippen LogP contribution >= 0.6 is 11.8 Å². The summed E-state index contributed by atoms with van der Waals surface area (Å²) in [6.07, 6.45) is 4.15. The molecule has 5 rings (SSSR count). The van der Waals surface area contributed by atoms with Crippen LogP contribution in [0, 0.1) is 0 Å². The number of hydrogen-bond donors (Lipinski definition) is 1. The van der Waals surface area contributed by atoms with Gasteiger partial charge in [-0.05, 0) is 53.0 Å². The molecule has 2 amide bonds. The first kappa shape index (κ1) is 28.1. The molecule has 212 valence electrons. The first-order valence-electron chi connectivity index (χ1n) is 13.6. The molecule has 2 heterocycles. The van der Waals surface area contributed by atoms with E-state index in [0.29, 0.717) is 55.3 Å². The highest BCUT2D eigenvalue weighted by atomic mass is 32.2. The Morgan fingerprint density at radius 1 is 0.975 bits per heavy atom. The standard InChI is InChI=1S/C31H37N3O5S/c1-37-26-18-24(19-27(38-2)28(26)39-3)29(35)33-14-12-31(13-15-33)32-25(11-16-40-4)30(36)34(31)20-21-9-10-22-7-5-6-8-23(22)17-21/h5-10,17-19,25,32H,11-16,20H2,1-4H3. The van der Waals surface area contributed by atoms with Crippen molar-refractivity contribution in [2.24, 2.45) is 0 Å². The van der Waals surface area contributed by atoms with Crippen LogP contribution in [0.1, 0.15) is 35.2 Å². The number of thioether (sulfide) groups is 1. The van der Waals surface area contributed by atoms with Gasteiger partial charge in [-0.3, -0.25) is 14.9 Å². The molecular formula is C31H37N3O5S. The summed E-state index contributed by atoms with van der Waals surface area (Å²) in [6, 6.07) is 17.8. The smallest absolute Gasteiger partial charge is 0.254 e. The normalized spacial score (nSPS) is 18.4. The van der Waals surface area contributed by atoms with E-state index in [1.165, 1.54) is 32.1 Å². The third kappa shape index (κ3) is 5.32. The Balaban J connectivity index is 1.37. The molecule has 1 unspecified atom stereocenters. The van der Waals surface area contributed by atoms with Crippen LogP contribution in [-0.2, 0) is 11.3 Å². The predicted molar refractivity (Wildman–Crippen MR) is 158 cm³/mol. The molecule has 8 nitrogen and oxygen atoms in total. The molecule has 40 heavy (non-hydrogen) atoms. The summed E-state index contributed by atoms with van der Waals surface area (Å²) in [6.45, 7) is 1.59. The molecule has 2 fully saturated rings. The first-order valence-corrected chi connectivity index (χ1v) is 15.0. The van der Waals surface area contributed by atoms with Crippen molar-refractivity contribution in [1.29, 1.82) is 0 Å². The fourth-order valence-corrected chi connectivity index (χ4v) is 6.40. The largest absolute Gasteiger partial charge is 0.493 e. The van der Waals surface area contributed by atoms with Gasteiger partial charge in [-0.25, -0.2) is 0 Å². The number of ether oxygens (including phenoxy) is 3. The Bertz CT molecular complexity index is 1360. The van der Waals surface area contributed by atoms with Crippen molar-refractivity contribution in [2.75, 3.05) is 46.4 Å². The van der Waals surface area contributed by atoms with Crippen LogP contribution in [-0.4, -0.2) is 79.7 Å². The number of nitrogens with zero attached hydrogens (tertiary/aromatic N) is 2. The summed E-state index contributed by atoms with van der Waals surface area (Å²) >= 11 is 1.75. The summed E-state index contributed by atoms with van der Waals surface area (Å²) in [5, 5.41) is 6.07. The number of fused-ring (bicyclic) bond motifs is 1. The first-order chi connectivity index (χ1) is 19.4. The number of piperidine rings is 1. The summed E-state index contributed by atoms with van der Waals surface area (Å²) in [5.41, 5.74) is 1.10. The van der Waals surface area contributed by atoms with Gasteiger partial charge in [0.1, 0.15) is 0 Å². The van der Waals surface area contributed by atoms with Gasteiger partial charge in [-0.1, -0.05) is 36.4 Å². The van der Waals surface area contributed by atoms with E-state index in [0.717, 1.165) is 17.7 Å². The van der Waals surface area contributed by atoms with Crippen LogP contribution < -0.4 is 19.5 Å². The minimum Gasteiger partial charge on any atom is -0.493 e. The summed E-state index contributed by atoms with van der Waals surface area (Å²) < 4.78 is 16.3. The summed E-state index contributed by atoms with van der Waals surface area (Å²) in [7, 11) is 4.62. The number of nitrogens with one attached hydrogen (secondary N) is 1. The lowest BCUT2D eigenvalue weighted by Gasteiger charge is -2.44. The highest BCUT2D eigenvalue weighted by molar-refractivity contribution is 7.98. The van der Waals surface area contributed by atoms with Gasteiger partial charge in [0.15, 0.2) is 11.5 Å². The van der Waals surface area contributed by atoms with E-state index in [4.69, 9.17) is 14.2 Å². The van der Waals surface area contributed by atoms with Gasteiger partial charge in [0.2, 0.25) is 11.7 Å². The van der Waals surface area contributed by atoms with Gasteiger partial charge in [0, 0.05) is 38.0 Å². The van der Waals surface area contributed by atoms with E-state index in [1.54, 1.807) is 23.9 Å². The number of likely N-dealkylation sites (tertiary alicyclic amines) is 1. The van der Waals surface area contributed by atoms with Gasteiger partial charge in [-0.2, -0.15) is 11.8 Å². The van der Waals surface area contributed by atoms with Crippen molar-refractivity contribution < 1.29 is 23.8 Å². The van der Waals surface area contributed by atoms with Gasteiger partial charge < -0.3 is 24.0 Å². The van der Waals surface area contributed by atoms with E-state index in [2.05, 4.69) is 41.9 Å². The molecule has 0 saturated carbocycles. The molecule has 2 aliphatic heterocycles. The fourth-order valence-electron chi connectivity index (χ4n) is 5.92. The molecule has 1 N–H and O–H groups in total. The maximum absolute atomic E-state index is 13.7. The van der Waals surface area contributed by atoms with Crippen molar-refractivity contribution in [3.05, 3.63) is 65.7 Å². The van der Waals surface area contributed by atoms with Crippen LogP contribution in [0.2, 0.25) is 0 Å². The third-order valence-electron chi connectivity index (χ3n) is 8.08. The van der Waals surface area contributed by atoms with Crippen LogP contribution in [0.15, 0.2) is 54.6 Å². The zero-order valence-corrected chi connectivity index (χ0v) is 24.4. The van der Waals surface area contributed by atoms with Gasteiger partial charge >= 0.3 is 0 Å². The lowest BCUT2D eigenvalue weighted by molar-refractivity contribution is -0.134. The van der Waals surface area contributed by atoms with E-state index in [1.807, 2.05) is 21.9 Å². The number of methoxy groups -OCH3 is 3. The SMILES string of the molecule is COc1cc(C(=O)N2CCC3(CC2)NC(CCSC)C(=O)N3Cc2ccc3ccccc3c2)cc(OC)c1OC. The summed E-state index contributed by atoms with van der Waals surface area (Å²) in [5.74, 6) is 2.30. The number of benzene rings is 3. The highest BCUT2D eigenvalue weighted by Crippen LogP contribution is 2.40. The Kier molecular flexibility index (Phi) is 8.42. The topological polar surface area (TPSA) is 80.3 Å². The number of rotatable bonds is 9. The van der Waals surface area contributed by atoms with Crippen LogP contribution in [0.3, 0.4) is 0 Å². The van der Waals surface area contributed by atoms with Crippen molar-refractivity contribution in [1.82, 2.24) is 15.1 Å². The average molecular weight is 564 g/mol. The van der Waals surface area contributed by atoms with Gasteiger partial charge in [-0.15, -0.1) is 0 Å². The third-order valence-corrected chi connectivity index (χ3v) is 8.72. The van der Waals surface area contributed by atoms with Crippen LogP contribution in [0.25, 0.3) is 10.8 Å². The monoisotopic (exact) mass is 563 g/mol. The Morgan fingerprint density at radius 2 is 1.65 bits per heavy atom. The maximum Gasteiger partial charge on any atom is 0.254 e. The number of amides is 2. The van der Waals surface area contributed by atoms with Crippen LogP contribution in [0.4, 0.5) is 0 Å². The molecule has 9 heteroatoms. The van der Waals surface area contributed by atoms with E-state index < -0.39 is 5.66 Å². The molecule has 0 bridgehead atoms. The number of hydrogen-bond acceptors (Lipinski definition) is 7. The minimum absolute atomic E-state index is 0.0987. The predicted octanol–water partition coefficient (Wildman–Crippen LogP) is 4.55. The molecule has 3 aromatic carbocycles. The maximum atomic E-state index is 13.7. The van der Waals surface area contributed by atoms with Crippen molar-refractivity contribution in [3.63, 3.8) is 0 Å². The molecule has 1 spiro atoms. The second-order valence-corrected chi connectivity index (χ2v) is 11.3. The van der Waals surface area contributed by atoms with Crippen molar-refractivity contribution in [2.45, 2.75) is 37.5 Å². The molecule has 1 atom stereocenters. The lowest BCUT2D eigenvalue weighted by Crippen LogP contribution is -2.59. The quantitative estimate of drug-likeness (QED) is 0.409. The highest BCUT2D eigenvalue weighted by Gasteiger charge is 2.51. The molecule has 3 aromatic rings. The number of carbonyl (C=O) groups excluding carboxylic acids is 2. The summed E-state index contributed by atoms with van der Waals surface area (Å²) in [4.78, 5) is 31.2. The molecule has 0 aromatic heterocycles. The average Bonchev–Trinajstić information content (AvgIpc) is 3.24. The van der Waals surface area contributed by atoms with Crippen molar-refractivity contribution in [3.8, 4) is 17.2 Å². The molecule has 2 aliphatic rings. The zero-order valence-electron chi connectivity index (χ0n) is 23.6. The lowest BCUT2D eigenvalue weighted by atomic mass is 9.94. The Morgan fingerprint density at radius 3 is 2.27 bits per heavy atom. The van der Waals surface area contributed by atoms with Crippen LogP contribution in [0.5, 0.6) is 17.2 Å². The van der Waals surface area contributed by atoms with E-state index in [-0.39, 0.29) is 17.9 Å². The second kappa shape index (κ2) is 12.0. The Hall–Kier alpha value is -3.43. The van der Waals surface area contributed by atoms with Crippen molar-refractivity contribution >= 4 is 34.3 Å². The second-order valence-electron chi connectivity index (χ2n) is 10.3. The van der Waals surface area contributed by atoms with E-state index in [9.17, 15) is 9.59 Å². The van der Waals surface area contributed by atoms with E-state index >= 15 is 0 Å². The fraction of sp³-hybridized carbons (Fsp3) is 0.419. The van der Waals surface area contributed by atoms with Gasteiger partial charge in [0.05, 0.1) is 33.0 Å². The number of carbonyl (C=O) groups is 2. The molecule has 2 saturated heterocycles. The minimum atomic E-state index is -0.488. The molecule has 0 radical (unpaired) electrons. The molecular weight excluding hydrogens is 526 g/mol. The molecule has 0 aliphatic carbocycles. The Labute approximate surface area is 239 Å². The van der Waals surface area contributed by atoms with Gasteiger partial charge in [0.25, 0.3) is 5.91 Å².